The summed E-state index contributed by atoms with van der Waals surface area (Å²) in [5.74, 6) is 0. The lowest BCUT2D eigenvalue weighted by atomic mass is 10.0. The summed E-state index contributed by atoms with van der Waals surface area (Å²) in [6, 6.07) is 9.02. The topological polar surface area (TPSA) is 12.9 Å². The highest BCUT2D eigenvalue weighted by Gasteiger charge is 2.28. The van der Waals surface area contributed by atoms with Crippen LogP contribution in [0.5, 0.6) is 0 Å². The van der Waals surface area contributed by atoms with E-state index in [9.17, 15) is 13.2 Å². The van der Waals surface area contributed by atoms with Crippen molar-refractivity contribution in [2.24, 2.45) is 0 Å². The largest absolute Gasteiger partial charge is 0.393 e. The van der Waals surface area contributed by atoms with Gasteiger partial charge in [-0.05, 0) is 24.0 Å². The van der Waals surface area contributed by atoms with Gasteiger partial charge in [-0.1, -0.05) is 30.3 Å². The van der Waals surface area contributed by atoms with Gasteiger partial charge < -0.3 is 0 Å². The van der Waals surface area contributed by atoms with Gasteiger partial charge in [-0.25, -0.2) is 0 Å². The van der Waals surface area contributed by atoms with Crippen LogP contribution in [0.15, 0.2) is 42.6 Å². The summed E-state index contributed by atoms with van der Waals surface area (Å²) in [4.78, 5) is 3.88. The predicted molar refractivity (Wildman–Crippen MR) is 64.2 cm³/mol. The van der Waals surface area contributed by atoms with Crippen LogP contribution in [0.3, 0.4) is 0 Å². The quantitative estimate of drug-likeness (QED) is 0.786. The number of aromatic nitrogens is 1. The van der Waals surface area contributed by atoms with Gasteiger partial charge in [0.2, 0.25) is 0 Å². The van der Waals surface area contributed by atoms with Crippen molar-refractivity contribution in [2.75, 3.05) is 0 Å². The fourth-order valence-electron chi connectivity index (χ4n) is 1.48. The SMILES string of the molecule is [2H]C([2H])([2H])c1cnc(-c2ccccc2)cc1C([2H])([2H])C(F)(F)F. The standard InChI is InChI=1S/C14H12F3N/c1-10-9-18-13(11-5-3-2-4-6-11)7-12(10)8-14(15,16)17/h2-7,9H,8H2,1H3/i1D3,8D2. The van der Waals surface area contributed by atoms with Crippen molar-refractivity contribution in [3.05, 3.63) is 53.7 Å². The second kappa shape index (κ2) is 4.80. The Morgan fingerprint density at radius 2 is 2.00 bits per heavy atom. The van der Waals surface area contributed by atoms with Crippen LogP contribution in [0.1, 0.15) is 18.0 Å². The minimum atomic E-state index is -5.25. The lowest BCUT2D eigenvalue weighted by Crippen LogP contribution is -2.12. The van der Waals surface area contributed by atoms with Gasteiger partial charge in [0.15, 0.2) is 0 Å². The molecule has 18 heavy (non-hydrogen) atoms. The molecule has 0 N–H and O–H groups in total. The summed E-state index contributed by atoms with van der Waals surface area (Å²) in [6.07, 6.45) is -8.26. The Bertz CT molecular complexity index is 696. The third kappa shape index (κ3) is 3.09. The van der Waals surface area contributed by atoms with Crippen LogP contribution in [-0.2, 0) is 6.37 Å². The molecule has 0 aliphatic rings. The van der Waals surface area contributed by atoms with Crippen molar-refractivity contribution in [1.29, 1.82) is 0 Å². The average Bonchev–Trinajstić information content (AvgIpc) is 2.45. The van der Waals surface area contributed by atoms with E-state index < -0.39 is 30.5 Å². The van der Waals surface area contributed by atoms with E-state index in [1.54, 1.807) is 30.3 Å². The molecule has 0 fully saturated rings. The highest BCUT2D eigenvalue weighted by Crippen LogP contribution is 2.26. The number of hydrogen-bond acceptors (Lipinski definition) is 1. The Hall–Kier alpha value is -1.84. The van der Waals surface area contributed by atoms with E-state index in [1.807, 2.05) is 0 Å². The van der Waals surface area contributed by atoms with Crippen molar-refractivity contribution >= 4 is 0 Å². The van der Waals surface area contributed by atoms with Crippen LogP contribution in [0.2, 0.25) is 0 Å². The molecule has 1 nitrogen and oxygen atoms in total. The molecule has 4 heteroatoms. The van der Waals surface area contributed by atoms with Crippen molar-refractivity contribution < 1.29 is 20.0 Å². The van der Waals surface area contributed by atoms with Crippen LogP contribution in [0.25, 0.3) is 11.3 Å². The first-order valence-corrected chi connectivity index (χ1v) is 5.08. The molecule has 0 unspecified atom stereocenters. The van der Waals surface area contributed by atoms with Gasteiger partial charge in [-0.2, -0.15) is 13.2 Å². The van der Waals surface area contributed by atoms with Crippen LogP contribution >= 0.6 is 0 Å². The smallest absolute Gasteiger partial charge is 0.256 e. The number of alkyl halides is 3. The predicted octanol–water partition coefficient (Wildman–Crippen LogP) is 4.16. The van der Waals surface area contributed by atoms with E-state index in [0.29, 0.717) is 5.56 Å². The highest BCUT2D eigenvalue weighted by molar-refractivity contribution is 5.60. The third-order valence-corrected chi connectivity index (χ3v) is 2.25. The zero-order chi connectivity index (χ0) is 17.5. The highest BCUT2D eigenvalue weighted by atomic mass is 19.4. The Kier molecular flexibility index (Phi) is 2.02. The molecule has 0 atom stereocenters. The maximum absolute atomic E-state index is 13.0. The zero-order valence-corrected chi connectivity index (χ0v) is 9.12. The Balaban J connectivity index is 2.70. The van der Waals surface area contributed by atoms with E-state index >= 15 is 0 Å². The van der Waals surface area contributed by atoms with Crippen molar-refractivity contribution in [1.82, 2.24) is 4.98 Å². The van der Waals surface area contributed by atoms with Crippen molar-refractivity contribution in [3.63, 3.8) is 0 Å². The fraction of sp³-hybridized carbons (Fsp3) is 0.214. The molecule has 2 rings (SSSR count). The molecule has 94 valence electrons. The molecule has 0 saturated carbocycles. The molecule has 0 amide bonds. The number of rotatable bonds is 2. The van der Waals surface area contributed by atoms with Crippen molar-refractivity contribution in [2.45, 2.75) is 19.4 Å². The first-order chi connectivity index (χ1) is 10.4. The van der Waals surface area contributed by atoms with E-state index in [2.05, 4.69) is 4.98 Å². The van der Waals surface area contributed by atoms with E-state index in [-0.39, 0.29) is 5.69 Å². The summed E-state index contributed by atoms with van der Waals surface area (Å²) in [6.45, 7) is -2.91. The minimum Gasteiger partial charge on any atom is -0.256 e. The minimum absolute atomic E-state index is 0.0710. The van der Waals surface area contributed by atoms with Gasteiger partial charge in [0.25, 0.3) is 0 Å². The molecule has 0 bridgehead atoms. The number of hydrogen-bond donors (Lipinski definition) is 0. The van der Waals surface area contributed by atoms with Gasteiger partial charge in [0, 0.05) is 18.6 Å². The lowest BCUT2D eigenvalue weighted by molar-refractivity contribution is -0.127. The Morgan fingerprint density at radius 3 is 2.61 bits per heavy atom. The van der Waals surface area contributed by atoms with Gasteiger partial charge >= 0.3 is 6.18 Å². The molecule has 2 aromatic rings. The number of nitrogens with zero attached hydrogens (tertiary/aromatic N) is 1. The fourth-order valence-corrected chi connectivity index (χ4v) is 1.48. The molecule has 0 saturated heterocycles. The number of aryl methyl sites for hydroxylation is 1. The molecule has 1 heterocycles. The van der Waals surface area contributed by atoms with E-state index in [0.717, 1.165) is 12.3 Å². The second-order valence-corrected chi connectivity index (χ2v) is 3.60. The summed E-state index contributed by atoms with van der Waals surface area (Å²) in [7, 11) is 0. The normalized spacial score (nSPS) is 17.2. The zero-order valence-electron chi connectivity index (χ0n) is 14.1. The first kappa shape index (κ1) is 7.56. The van der Waals surface area contributed by atoms with Gasteiger partial charge in [0.05, 0.1) is 12.1 Å². The summed E-state index contributed by atoms with van der Waals surface area (Å²) < 4.78 is 75.9. The van der Waals surface area contributed by atoms with Gasteiger partial charge in [-0.3, -0.25) is 4.98 Å². The van der Waals surface area contributed by atoms with Crippen LogP contribution in [0, 0.1) is 6.85 Å². The Labute approximate surface area is 110 Å². The number of pyridine rings is 1. The average molecular weight is 256 g/mol. The molecular weight excluding hydrogens is 239 g/mol. The Morgan fingerprint density at radius 1 is 1.28 bits per heavy atom. The molecule has 0 radical (unpaired) electrons. The van der Waals surface area contributed by atoms with Crippen LogP contribution in [-0.4, -0.2) is 11.2 Å². The maximum Gasteiger partial charge on any atom is 0.393 e. The first-order valence-electron chi connectivity index (χ1n) is 7.58. The number of halogens is 3. The second-order valence-electron chi connectivity index (χ2n) is 3.60. The molecule has 0 spiro atoms. The molecule has 0 aliphatic heterocycles. The summed E-state index contributed by atoms with van der Waals surface area (Å²) >= 11 is 0. The van der Waals surface area contributed by atoms with Crippen LogP contribution < -0.4 is 0 Å². The lowest BCUT2D eigenvalue weighted by Gasteiger charge is -2.10. The van der Waals surface area contributed by atoms with Crippen LogP contribution in [0.4, 0.5) is 13.2 Å². The van der Waals surface area contributed by atoms with Gasteiger partial charge in [-0.15, -0.1) is 0 Å². The maximum atomic E-state index is 13.0. The third-order valence-electron chi connectivity index (χ3n) is 2.25. The molecular formula is C14H12F3N. The molecule has 0 aliphatic carbocycles. The van der Waals surface area contributed by atoms with E-state index in [1.165, 1.54) is 0 Å². The number of benzene rings is 1. The van der Waals surface area contributed by atoms with Crippen molar-refractivity contribution in [3.8, 4) is 11.3 Å². The molecule has 1 aromatic heterocycles. The van der Waals surface area contributed by atoms with E-state index in [4.69, 9.17) is 6.85 Å². The summed E-state index contributed by atoms with van der Waals surface area (Å²) in [5, 5.41) is 0. The van der Waals surface area contributed by atoms with Gasteiger partial charge in [0.1, 0.15) is 0 Å². The molecule has 1 aromatic carbocycles. The summed E-state index contributed by atoms with van der Waals surface area (Å²) in [5.41, 5.74) is -1.16. The monoisotopic (exact) mass is 256 g/mol.